The molecule has 0 N–H and O–H groups in total. The number of piperazine rings is 1. The Morgan fingerprint density at radius 3 is 2.89 bits per heavy atom. The molecule has 0 bridgehead atoms. The van der Waals surface area contributed by atoms with E-state index in [1.54, 1.807) is 39.9 Å². The number of methoxy groups -OCH3 is 1. The number of nitrogens with zero attached hydrogens (tertiary/aromatic N) is 5. The van der Waals surface area contributed by atoms with Gasteiger partial charge < -0.3 is 14.5 Å². The second kappa shape index (κ2) is 6.95. The molecule has 8 nitrogen and oxygen atoms in total. The average molecular weight is 379 g/mol. The quantitative estimate of drug-likeness (QED) is 0.695. The van der Waals surface area contributed by atoms with Gasteiger partial charge in [0.05, 0.1) is 24.6 Å². The lowest BCUT2D eigenvalue weighted by molar-refractivity contribution is -0.121. The first-order chi connectivity index (χ1) is 13.5. The molecule has 0 saturated carbocycles. The maximum atomic E-state index is 13.1. The lowest BCUT2D eigenvalue weighted by Crippen LogP contribution is -2.57. The minimum Gasteiger partial charge on any atom is -0.497 e. The lowest BCUT2D eigenvalue weighted by atomic mass is 10.1. The normalized spacial score (nSPS) is 17.2. The summed E-state index contributed by atoms with van der Waals surface area (Å²) in [6.45, 7) is 4.18. The van der Waals surface area contributed by atoms with Crippen LogP contribution in [0.5, 0.6) is 5.75 Å². The van der Waals surface area contributed by atoms with Crippen molar-refractivity contribution in [3.05, 3.63) is 54.0 Å². The first-order valence-electron chi connectivity index (χ1n) is 9.04. The predicted molar refractivity (Wildman–Crippen MR) is 104 cm³/mol. The smallest absolute Gasteiger partial charge is 0.258 e. The Balaban J connectivity index is 1.59. The SMILES string of the molecule is COc1cccc(N2C[C@@H](C)N(C(=O)c3cnc4ccnn4c3C)CC2=O)c1. The number of rotatable bonds is 3. The molecule has 3 aromatic rings. The molecule has 0 unspecified atom stereocenters. The van der Waals surface area contributed by atoms with Crippen LogP contribution in [0.25, 0.3) is 5.65 Å². The van der Waals surface area contributed by atoms with Gasteiger partial charge in [-0.2, -0.15) is 5.10 Å². The molecule has 1 aliphatic heterocycles. The average Bonchev–Trinajstić information content (AvgIpc) is 3.19. The van der Waals surface area contributed by atoms with Gasteiger partial charge in [0.25, 0.3) is 5.91 Å². The van der Waals surface area contributed by atoms with E-state index in [1.807, 2.05) is 38.1 Å². The van der Waals surface area contributed by atoms with Crippen LogP contribution in [0.3, 0.4) is 0 Å². The third-order valence-corrected chi connectivity index (χ3v) is 5.10. The minimum atomic E-state index is -0.214. The Bertz CT molecular complexity index is 1060. The molecule has 3 heterocycles. The van der Waals surface area contributed by atoms with Crippen molar-refractivity contribution >= 4 is 23.1 Å². The molecule has 0 aliphatic carbocycles. The standard InChI is InChI=1S/C20H21N5O3/c1-13-11-24(15-5-4-6-16(9-15)28-3)19(26)12-23(13)20(27)17-10-21-18-7-8-22-25(18)14(17)2/h4-10,13H,11-12H2,1-3H3/t13-/m1/s1. The highest BCUT2D eigenvalue weighted by molar-refractivity contribution is 6.02. The predicted octanol–water partition coefficient (Wildman–Crippen LogP) is 1.92. The molecule has 1 atom stereocenters. The highest BCUT2D eigenvalue weighted by atomic mass is 16.5. The summed E-state index contributed by atoms with van der Waals surface area (Å²) in [4.78, 5) is 33.5. The first kappa shape index (κ1) is 18.0. The van der Waals surface area contributed by atoms with Crippen LogP contribution in [0.15, 0.2) is 42.7 Å². The number of anilines is 1. The van der Waals surface area contributed by atoms with E-state index >= 15 is 0 Å². The fourth-order valence-electron chi connectivity index (χ4n) is 3.51. The van der Waals surface area contributed by atoms with Gasteiger partial charge >= 0.3 is 0 Å². The van der Waals surface area contributed by atoms with Gasteiger partial charge in [0.1, 0.15) is 12.3 Å². The van der Waals surface area contributed by atoms with Crippen molar-refractivity contribution in [2.45, 2.75) is 19.9 Å². The second-order valence-corrected chi connectivity index (χ2v) is 6.85. The highest BCUT2D eigenvalue weighted by Crippen LogP contribution is 2.25. The fourth-order valence-corrected chi connectivity index (χ4v) is 3.51. The molecule has 1 aromatic carbocycles. The monoisotopic (exact) mass is 379 g/mol. The van der Waals surface area contributed by atoms with Crippen molar-refractivity contribution < 1.29 is 14.3 Å². The van der Waals surface area contributed by atoms with Crippen LogP contribution in [0.4, 0.5) is 5.69 Å². The fraction of sp³-hybridized carbons (Fsp3) is 0.300. The summed E-state index contributed by atoms with van der Waals surface area (Å²) in [5.74, 6) is 0.338. The van der Waals surface area contributed by atoms with Crippen molar-refractivity contribution in [2.24, 2.45) is 0 Å². The summed E-state index contributed by atoms with van der Waals surface area (Å²) < 4.78 is 6.88. The molecule has 144 valence electrons. The van der Waals surface area contributed by atoms with E-state index in [2.05, 4.69) is 10.1 Å². The van der Waals surface area contributed by atoms with Gasteiger partial charge in [-0.05, 0) is 26.0 Å². The van der Waals surface area contributed by atoms with Crippen molar-refractivity contribution in [1.82, 2.24) is 19.5 Å². The molecule has 4 rings (SSSR count). The Hall–Kier alpha value is -3.42. The second-order valence-electron chi connectivity index (χ2n) is 6.85. The number of hydrogen-bond donors (Lipinski definition) is 0. The molecular formula is C20H21N5O3. The summed E-state index contributed by atoms with van der Waals surface area (Å²) in [6, 6.07) is 8.99. The summed E-state index contributed by atoms with van der Waals surface area (Å²) in [5, 5.41) is 4.20. The van der Waals surface area contributed by atoms with Gasteiger partial charge in [0.15, 0.2) is 5.65 Å². The third-order valence-electron chi connectivity index (χ3n) is 5.10. The molecule has 2 aromatic heterocycles. The van der Waals surface area contributed by atoms with E-state index in [0.29, 0.717) is 29.2 Å². The first-order valence-corrected chi connectivity index (χ1v) is 9.04. The molecule has 0 radical (unpaired) electrons. The third kappa shape index (κ3) is 2.96. The van der Waals surface area contributed by atoms with E-state index in [4.69, 9.17) is 4.74 Å². The van der Waals surface area contributed by atoms with Crippen LogP contribution in [-0.4, -0.2) is 57.6 Å². The van der Waals surface area contributed by atoms with Gasteiger partial charge in [0, 0.05) is 36.6 Å². The lowest BCUT2D eigenvalue weighted by Gasteiger charge is -2.39. The van der Waals surface area contributed by atoms with Gasteiger partial charge in [-0.25, -0.2) is 9.50 Å². The van der Waals surface area contributed by atoms with Crippen molar-refractivity contribution in [3.8, 4) is 5.75 Å². The minimum absolute atomic E-state index is 0.00773. The number of ether oxygens (including phenoxy) is 1. The van der Waals surface area contributed by atoms with Gasteiger partial charge in [-0.15, -0.1) is 0 Å². The summed E-state index contributed by atoms with van der Waals surface area (Å²) >= 11 is 0. The van der Waals surface area contributed by atoms with Gasteiger partial charge in [-0.3, -0.25) is 9.59 Å². The van der Waals surface area contributed by atoms with E-state index in [9.17, 15) is 9.59 Å². The zero-order chi connectivity index (χ0) is 19.8. The molecule has 1 fully saturated rings. The molecule has 2 amide bonds. The zero-order valence-electron chi connectivity index (χ0n) is 16.0. The number of amides is 2. The number of carbonyl (C=O) groups is 2. The summed E-state index contributed by atoms with van der Waals surface area (Å²) in [6.07, 6.45) is 3.20. The molecule has 0 spiro atoms. The topological polar surface area (TPSA) is 80.0 Å². The Morgan fingerprint density at radius 1 is 1.29 bits per heavy atom. The van der Waals surface area contributed by atoms with Gasteiger partial charge in [0.2, 0.25) is 5.91 Å². The molecule has 8 heteroatoms. The molecule has 28 heavy (non-hydrogen) atoms. The number of carbonyl (C=O) groups excluding carboxylic acids is 2. The Labute approximate surface area is 162 Å². The van der Waals surface area contributed by atoms with E-state index in [0.717, 1.165) is 5.69 Å². The number of fused-ring (bicyclic) bond motifs is 1. The zero-order valence-corrected chi connectivity index (χ0v) is 16.0. The number of benzene rings is 1. The van der Waals surface area contributed by atoms with E-state index in [-0.39, 0.29) is 24.4 Å². The van der Waals surface area contributed by atoms with E-state index in [1.165, 1.54) is 0 Å². The van der Waals surface area contributed by atoms with Crippen LogP contribution in [0, 0.1) is 6.92 Å². The van der Waals surface area contributed by atoms with Crippen LogP contribution >= 0.6 is 0 Å². The van der Waals surface area contributed by atoms with Crippen molar-refractivity contribution in [3.63, 3.8) is 0 Å². The van der Waals surface area contributed by atoms with Crippen LogP contribution < -0.4 is 9.64 Å². The maximum Gasteiger partial charge on any atom is 0.258 e. The van der Waals surface area contributed by atoms with Crippen LogP contribution in [-0.2, 0) is 4.79 Å². The Kier molecular flexibility index (Phi) is 4.46. The number of aryl methyl sites for hydroxylation is 1. The van der Waals surface area contributed by atoms with Crippen LogP contribution in [0.1, 0.15) is 23.0 Å². The number of aromatic nitrogens is 3. The summed E-state index contributed by atoms with van der Waals surface area (Å²) in [5.41, 5.74) is 2.60. The number of hydrogen-bond acceptors (Lipinski definition) is 5. The molecule has 1 saturated heterocycles. The maximum absolute atomic E-state index is 13.1. The van der Waals surface area contributed by atoms with E-state index < -0.39 is 0 Å². The largest absolute Gasteiger partial charge is 0.497 e. The Morgan fingerprint density at radius 2 is 2.11 bits per heavy atom. The van der Waals surface area contributed by atoms with Gasteiger partial charge in [-0.1, -0.05) is 6.07 Å². The van der Waals surface area contributed by atoms with Crippen molar-refractivity contribution in [2.75, 3.05) is 25.1 Å². The summed E-state index contributed by atoms with van der Waals surface area (Å²) in [7, 11) is 1.59. The molecule has 1 aliphatic rings. The van der Waals surface area contributed by atoms with Crippen LogP contribution in [0.2, 0.25) is 0 Å². The van der Waals surface area contributed by atoms with Crippen molar-refractivity contribution in [1.29, 1.82) is 0 Å². The highest BCUT2D eigenvalue weighted by Gasteiger charge is 2.34. The molecular weight excluding hydrogens is 358 g/mol.